The van der Waals surface area contributed by atoms with Crippen molar-refractivity contribution in [3.05, 3.63) is 34.1 Å². The van der Waals surface area contributed by atoms with Crippen molar-refractivity contribution >= 4 is 17.7 Å². The smallest absolute Gasteiger partial charge is 0.405 e. The van der Waals surface area contributed by atoms with E-state index < -0.39 is 24.1 Å². The van der Waals surface area contributed by atoms with Gasteiger partial charge >= 0.3 is 6.09 Å². The van der Waals surface area contributed by atoms with Crippen LogP contribution in [0.3, 0.4) is 0 Å². The van der Waals surface area contributed by atoms with Gasteiger partial charge in [-0.25, -0.2) is 9.18 Å². The van der Waals surface area contributed by atoms with E-state index in [4.69, 9.17) is 21.4 Å². The molecule has 2 unspecified atom stereocenters. The number of ether oxygens (including phenoxy) is 1. The Morgan fingerprint density at radius 1 is 1.65 bits per heavy atom. The van der Waals surface area contributed by atoms with Crippen LogP contribution in [0.25, 0.3) is 0 Å². The van der Waals surface area contributed by atoms with Gasteiger partial charge < -0.3 is 15.2 Å². The van der Waals surface area contributed by atoms with Crippen LogP contribution < -0.4 is 5.32 Å². The highest BCUT2D eigenvalue weighted by molar-refractivity contribution is 6.31. The van der Waals surface area contributed by atoms with Crippen LogP contribution in [0.4, 0.5) is 9.18 Å². The molecule has 1 aromatic rings. The Bertz CT molecular complexity index is 466. The monoisotopic (exact) mass is 259 g/mol. The number of rotatable bonds is 2. The molecular weight excluding hydrogens is 249 g/mol. The van der Waals surface area contributed by atoms with E-state index in [9.17, 15) is 9.18 Å². The van der Waals surface area contributed by atoms with Crippen LogP contribution in [0.15, 0.2) is 12.1 Å². The van der Waals surface area contributed by atoms with Gasteiger partial charge in [-0.05, 0) is 17.7 Å². The zero-order valence-corrected chi connectivity index (χ0v) is 9.79. The van der Waals surface area contributed by atoms with Crippen molar-refractivity contribution in [3.8, 4) is 0 Å². The van der Waals surface area contributed by atoms with Crippen LogP contribution >= 0.6 is 11.6 Å². The van der Waals surface area contributed by atoms with Crippen molar-refractivity contribution < 1.29 is 19.0 Å². The predicted octanol–water partition coefficient (Wildman–Crippen LogP) is 2.36. The lowest BCUT2D eigenvalue weighted by atomic mass is 10.1. The van der Waals surface area contributed by atoms with Gasteiger partial charge in [-0.2, -0.15) is 0 Å². The van der Waals surface area contributed by atoms with Crippen LogP contribution in [0.2, 0.25) is 5.02 Å². The Labute approximate surface area is 102 Å². The van der Waals surface area contributed by atoms with E-state index in [0.717, 1.165) is 0 Å². The third-order valence-corrected chi connectivity index (χ3v) is 3.27. The summed E-state index contributed by atoms with van der Waals surface area (Å²) >= 11 is 5.97. The highest BCUT2D eigenvalue weighted by Crippen LogP contribution is 2.38. The van der Waals surface area contributed by atoms with Gasteiger partial charge in [0, 0.05) is 24.1 Å². The molecular formula is C11H11ClFNO3. The van der Waals surface area contributed by atoms with Crippen molar-refractivity contribution in [1.82, 2.24) is 5.32 Å². The molecule has 92 valence electrons. The molecule has 2 N–H and O–H groups in total. The maximum atomic E-state index is 13.7. The number of fused-ring (bicyclic) bond motifs is 1. The van der Waals surface area contributed by atoms with Crippen molar-refractivity contribution in [1.29, 1.82) is 0 Å². The third kappa shape index (κ3) is 2.08. The van der Waals surface area contributed by atoms with E-state index in [1.807, 2.05) is 0 Å². The van der Waals surface area contributed by atoms with E-state index >= 15 is 0 Å². The standard InChI is InChI=1S/C11H11ClFNO3/c1-17-8-4-5-6(12)2-3-7(13)9(5)10(8)14-11(15)16/h2-3,8,10,14H,4H2,1H3,(H,15,16). The van der Waals surface area contributed by atoms with E-state index in [1.165, 1.54) is 19.2 Å². The zero-order valence-electron chi connectivity index (χ0n) is 9.04. The van der Waals surface area contributed by atoms with E-state index in [2.05, 4.69) is 5.32 Å². The topological polar surface area (TPSA) is 58.6 Å². The normalized spacial score (nSPS) is 22.3. The average molecular weight is 260 g/mol. The summed E-state index contributed by atoms with van der Waals surface area (Å²) in [6, 6.07) is 1.98. The fourth-order valence-corrected chi connectivity index (χ4v) is 2.42. The summed E-state index contributed by atoms with van der Waals surface area (Å²) < 4.78 is 18.9. The van der Waals surface area contributed by atoms with E-state index in [0.29, 0.717) is 17.0 Å². The fourth-order valence-electron chi connectivity index (χ4n) is 2.18. The average Bonchev–Trinajstić information content (AvgIpc) is 2.63. The van der Waals surface area contributed by atoms with Crippen LogP contribution in [0, 0.1) is 5.82 Å². The minimum Gasteiger partial charge on any atom is -0.465 e. The second-order valence-electron chi connectivity index (χ2n) is 3.83. The van der Waals surface area contributed by atoms with E-state index in [1.54, 1.807) is 0 Å². The van der Waals surface area contributed by atoms with Crippen LogP contribution in [0.5, 0.6) is 0 Å². The second kappa shape index (κ2) is 4.50. The quantitative estimate of drug-likeness (QED) is 0.857. The molecule has 0 bridgehead atoms. The minimum atomic E-state index is -1.22. The third-order valence-electron chi connectivity index (χ3n) is 2.92. The molecule has 1 aliphatic rings. The van der Waals surface area contributed by atoms with Gasteiger partial charge in [0.05, 0.1) is 12.1 Å². The van der Waals surface area contributed by atoms with Gasteiger partial charge in [0.15, 0.2) is 0 Å². The van der Waals surface area contributed by atoms with Crippen molar-refractivity contribution in [3.63, 3.8) is 0 Å². The Morgan fingerprint density at radius 3 is 2.94 bits per heavy atom. The predicted molar refractivity (Wildman–Crippen MR) is 59.8 cm³/mol. The molecule has 0 fully saturated rings. The van der Waals surface area contributed by atoms with Gasteiger partial charge in [0.1, 0.15) is 5.82 Å². The number of hydrogen-bond acceptors (Lipinski definition) is 2. The Balaban J connectivity index is 2.46. The van der Waals surface area contributed by atoms with Gasteiger partial charge in [-0.15, -0.1) is 0 Å². The molecule has 1 aliphatic carbocycles. The highest BCUT2D eigenvalue weighted by atomic mass is 35.5. The molecule has 0 aromatic heterocycles. The lowest BCUT2D eigenvalue weighted by molar-refractivity contribution is 0.0769. The second-order valence-corrected chi connectivity index (χ2v) is 4.23. The first kappa shape index (κ1) is 12.1. The number of methoxy groups -OCH3 is 1. The maximum Gasteiger partial charge on any atom is 0.405 e. The largest absolute Gasteiger partial charge is 0.465 e. The summed E-state index contributed by atoms with van der Waals surface area (Å²) in [5.74, 6) is -0.470. The number of carboxylic acid groups (broad SMARTS) is 1. The number of halogens is 2. The molecule has 6 heteroatoms. The van der Waals surface area contributed by atoms with Crippen LogP contribution in [0.1, 0.15) is 17.2 Å². The van der Waals surface area contributed by atoms with E-state index in [-0.39, 0.29) is 5.56 Å². The molecule has 0 radical (unpaired) electrons. The highest BCUT2D eigenvalue weighted by Gasteiger charge is 2.37. The lowest BCUT2D eigenvalue weighted by Crippen LogP contribution is -2.34. The Kier molecular flexibility index (Phi) is 3.22. The first-order valence-corrected chi connectivity index (χ1v) is 5.41. The number of nitrogens with one attached hydrogen (secondary N) is 1. The number of hydrogen-bond donors (Lipinski definition) is 2. The molecule has 0 aliphatic heterocycles. The summed E-state index contributed by atoms with van der Waals surface area (Å²) in [5, 5.41) is 11.4. The molecule has 2 rings (SSSR count). The van der Waals surface area contributed by atoms with Crippen LogP contribution in [-0.4, -0.2) is 24.4 Å². The first-order chi connectivity index (χ1) is 8.04. The molecule has 1 aromatic carbocycles. The van der Waals surface area contributed by atoms with Crippen molar-refractivity contribution in [2.75, 3.05) is 7.11 Å². The Hall–Kier alpha value is -1.33. The van der Waals surface area contributed by atoms with Gasteiger partial charge in [-0.3, -0.25) is 0 Å². The molecule has 17 heavy (non-hydrogen) atoms. The number of carbonyl (C=O) groups is 1. The van der Waals surface area contributed by atoms with Crippen LogP contribution in [-0.2, 0) is 11.2 Å². The van der Waals surface area contributed by atoms with Crippen molar-refractivity contribution in [2.45, 2.75) is 18.6 Å². The summed E-state index contributed by atoms with van der Waals surface area (Å²) in [6.45, 7) is 0. The molecule has 0 spiro atoms. The summed E-state index contributed by atoms with van der Waals surface area (Å²) in [6.07, 6.45) is -1.26. The summed E-state index contributed by atoms with van der Waals surface area (Å²) in [7, 11) is 1.46. The van der Waals surface area contributed by atoms with Crippen molar-refractivity contribution in [2.24, 2.45) is 0 Å². The minimum absolute atomic E-state index is 0.284. The molecule has 4 nitrogen and oxygen atoms in total. The SMILES string of the molecule is COC1Cc2c(Cl)ccc(F)c2C1NC(=O)O. The van der Waals surface area contributed by atoms with Gasteiger partial charge in [-0.1, -0.05) is 11.6 Å². The first-order valence-electron chi connectivity index (χ1n) is 5.03. The molecule has 0 heterocycles. The molecule has 0 saturated carbocycles. The number of benzene rings is 1. The molecule has 0 saturated heterocycles. The fraction of sp³-hybridized carbons (Fsp3) is 0.364. The molecule has 1 amide bonds. The van der Waals surface area contributed by atoms with Gasteiger partial charge in [0.25, 0.3) is 0 Å². The zero-order chi connectivity index (χ0) is 12.6. The summed E-state index contributed by atoms with van der Waals surface area (Å²) in [5.41, 5.74) is 0.893. The molecule has 2 atom stereocenters. The maximum absolute atomic E-state index is 13.7. The summed E-state index contributed by atoms with van der Waals surface area (Å²) in [4.78, 5) is 10.7. The number of amides is 1. The Morgan fingerprint density at radius 2 is 2.35 bits per heavy atom. The lowest BCUT2D eigenvalue weighted by Gasteiger charge is -2.19. The van der Waals surface area contributed by atoms with Gasteiger partial charge in [0.2, 0.25) is 0 Å².